The molecule has 0 bridgehead atoms. The molecular weight excluding hydrogens is 354 g/mol. The van der Waals surface area contributed by atoms with E-state index in [-0.39, 0.29) is 29.4 Å². The molecule has 0 aliphatic rings. The van der Waals surface area contributed by atoms with E-state index in [4.69, 9.17) is 5.11 Å². The van der Waals surface area contributed by atoms with Gasteiger partial charge in [-0.25, -0.2) is 8.42 Å². The first-order chi connectivity index (χ1) is 12.4. The molecule has 7 heteroatoms. The van der Waals surface area contributed by atoms with E-state index in [1.807, 2.05) is 0 Å². The molecule has 138 valence electrons. The van der Waals surface area contributed by atoms with Gasteiger partial charge in [-0.3, -0.25) is 9.59 Å². The van der Waals surface area contributed by atoms with E-state index in [9.17, 15) is 18.0 Å². The van der Waals surface area contributed by atoms with Crippen LogP contribution in [0.25, 0.3) is 0 Å². The van der Waals surface area contributed by atoms with E-state index in [0.29, 0.717) is 24.1 Å². The first kappa shape index (κ1) is 19.7. The Hall–Kier alpha value is -2.67. The van der Waals surface area contributed by atoms with E-state index >= 15 is 0 Å². The van der Waals surface area contributed by atoms with Crippen LogP contribution in [0.5, 0.6) is 0 Å². The highest BCUT2D eigenvalue weighted by molar-refractivity contribution is 7.90. The number of carboxylic acid groups (broad SMARTS) is 1. The number of hydrogen-bond donors (Lipinski definition) is 2. The van der Waals surface area contributed by atoms with Crippen molar-refractivity contribution in [2.45, 2.75) is 36.3 Å². The lowest BCUT2D eigenvalue weighted by Crippen LogP contribution is -2.12. The highest BCUT2D eigenvalue weighted by Gasteiger charge is 2.15. The molecule has 2 aromatic carbocycles. The number of unbranched alkanes of at least 4 members (excludes halogenated alkanes) is 1. The molecule has 2 aromatic rings. The fourth-order valence-electron chi connectivity index (χ4n) is 2.45. The fourth-order valence-corrected chi connectivity index (χ4v) is 3.81. The molecule has 0 aliphatic heterocycles. The Labute approximate surface area is 152 Å². The Bertz CT molecular complexity index is 863. The topological polar surface area (TPSA) is 101 Å². The van der Waals surface area contributed by atoms with E-state index in [2.05, 4.69) is 5.32 Å². The minimum absolute atomic E-state index is 0.0418. The number of aliphatic carboxylic acids is 1. The number of benzene rings is 2. The van der Waals surface area contributed by atoms with Crippen molar-refractivity contribution >= 4 is 27.4 Å². The summed E-state index contributed by atoms with van der Waals surface area (Å²) in [4.78, 5) is 22.6. The molecule has 0 heterocycles. The van der Waals surface area contributed by atoms with Gasteiger partial charge in [0.05, 0.1) is 10.6 Å². The number of anilines is 1. The Morgan fingerprint density at radius 2 is 1.62 bits per heavy atom. The molecule has 0 atom stereocenters. The van der Waals surface area contributed by atoms with Crippen molar-refractivity contribution in [3.05, 3.63) is 60.2 Å². The van der Waals surface area contributed by atoms with Gasteiger partial charge in [0.2, 0.25) is 5.91 Å². The molecule has 6 nitrogen and oxygen atoms in total. The number of rotatable bonds is 9. The van der Waals surface area contributed by atoms with Crippen LogP contribution in [0.2, 0.25) is 0 Å². The molecule has 0 fully saturated rings. The number of carboxylic acids is 1. The standard InChI is InChI=1S/C19H21NO5S/c21-18(11-4-5-12-19(22)23)20-16-8-6-7-15(13-16)14-26(24,25)17-9-2-1-3-10-17/h1-3,6-10,13H,4-5,11-12,14H2,(H,20,21)(H,22,23). The van der Waals surface area contributed by atoms with Gasteiger partial charge in [0.15, 0.2) is 9.84 Å². The third-order valence-corrected chi connectivity index (χ3v) is 5.42. The Kier molecular flexibility index (Phi) is 6.91. The van der Waals surface area contributed by atoms with Gasteiger partial charge in [0.25, 0.3) is 0 Å². The number of sulfone groups is 1. The zero-order chi connectivity index (χ0) is 19.0. The van der Waals surface area contributed by atoms with Crippen LogP contribution >= 0.6 is 0 Å². The number of carbonyl (C=O) groups excluding carboxylic acids is 1. The highest BCUT2D eigenvalue weighted by Crippen LogP contribution is 2.19. The minimum atomic E-state index is -3.45. The van der Waals surface area contributed by atoms with Crippen molar-refractivity contribution in [3.63, 3.8) is 0 Å². The smallest absolute Gasteiger partial charge is 0.303 e. The van der Waals surface area contributed by atoms with Crippen molar-refractivity contribution < 1.29 is 23.1 Å². The van der Waals surface area contributed by atoms with Gasteiger partial charge in [-0.2, -0.15) is 0 Å². The molecule has 1 amide bonds. The average Bonchev–Trinajstić information content (AvgIpc) is 2.59. The molecule has 26 heavy (non-hydrogen) atoms. The van der Waals surface area contributed by atoms with Crippen LogP contribution < -0.4 is 5.32 Å². The summed E-state index contributed by atoms with van der Waals surface area (Å²) >= 11 is 0. The second-order valence-electron chi connectivity index (χ2n) is 5.92. The molecule has 0 saturated heterocycles. The van der Waals surface area contributed by atoms with E-state index in [1.54, 1.807) is 54.6 Å². The van der Waals surface area contributed by atoms with Gasteiger partial charge in [0.1, 0.15) is 0 Å². The lowest BCUT2D eigenvalue weighted by atomic mass is 10.2. The monoisotopic (exact) mass is 375 g/mol. The van der Waals surface area contributed by atoms with Crippen LogP contribution in [0, 0.1) is 0 Å². The lowest BCUT2D eigenvalue weighted by Gasteiger charge is -2.08. The summed E-state index contributed by atoms with van der Waals surface area (Å²) in [6.45, 7) is 0. The third kappa shape index (κ3) is 6.33. The van der Waals surface area contributed by atoms with E-state index < -0.39 is 15.8 Å². The van der Waals surface area contributed by atoms with E-state index in [0.717, 1.165) is 0 Å². The van der Waals surface area contributed by atoms with Crippen LogP contribution in [0.15, 0.2) is 59.5 Å². The Morgan fingerprint density at radius 1 is 0.923 bits per heavy atom. The van der Waals surface area contributed by atoms with Gasteiger partial charge in [-0.05, 0) is 42.7 Å². The van der Waals surface area contributed by atoms with Crippen LogP contribution in [0.3, 0.4) is 0 Å². The molecule has 2 rings (SSSR count). The van der Waals surface area contributed by atoms with Gasteiger partial charge in [-0.15, -0.1) is 0 Å². The number of hydrogen-bond acceptors (Lipinski definition) is 4. The summed E-state index contributed by atoms with van der Waals surface area (Å²) in [7, 11) is -3.45. The molecule has 0 unspecified atom stereocenters. The molecule has 0 saturated carbocycles. The number of amides is 1. The van der Waals surface area contributed by atoms with Gasteiger partial charge < -0.3 is 10.4 Å². The Morgan fingerprint density at radius 3 is 2.31 bits per heavy atom. The van der Waals surface area contributed by atoms with E-state index in [1.165, 1.54) is 0 Å². The quantitative estimate of drug-likeness (QED) is 0.655. The van der Waals surface area contributed by atoms with Crippen molar-refractivity contribution in [1.29, 1.82) is 0 Å². The number of carbonyl (C=O) groups is 2. The zero-order valence-corrected chi connectivity index (χ0v) is 15.0. The first-order valence-corrected chi connectivity index (χ1v) is 9.90. The van der Waals surface area contributed by atoms with Crippen molar-refractivity contribution in [2.24, 2.45) is 0 Å². The maximum atomic E-state index is 12.4. The maximum absolute atomic E-state index is 12.4. The van der Waals surface area contributed by atoms with Gasteiger partial charge in [0, 0.05) is 18.5 Å². The molecule has 0 aromatic heterocycles. The predicted molar refractivity (Wildman–Crippen MR) is 98.5 cm³/mol. The summed E-state index contributed by atoms with van der Waals surface area (Å²) in [6, 6.07) is 14.9. The molecule has 0 aliphatic carbocycles. The van der Waals surface area contributed by atoms with Crippen LogP contribution in [0.1, 0.15) is 31.2 Å². The van der Waals surface area contributed by atoms with Gasteiger partial charge in [-0.1, -0.05) is 30.3 Å². The van der Waals surface area contributed by atoms with Crippen LogP contribution in [-0.4, -0.2) is 25.4 Å². The Balaban J connectivity index is 1.95. The first-order valence-electron chi connectivity index (χ1n) is 8.25. The highest BCUT2D eigenvalue weighted by atomic mass is 32.2. The molecule has 0 radical (unpaired) electrons. The second kappa shape index (κ2) is 9.15. The fraction of sp³-hybridized carbons (Fsp3) is 0.263. The summed E-state index contributed by atoms with van der Waals surface area (Å²) in [5, 5.41) is 11.3. The number of nitrogens with one attached hydrogen (secondary N) is 1. The summed E-state index contributed by atoms with van der Waals surface area (Å²) in [6.07, 6.45) is 1.19. The molecule has 0 spiro atoms. The second-order valence-corrected chi connectivity index (χ2v) is 7.91. The zero-order valence-electron chi connectivity index (χ0n) is 14.2. The van der Waals surface area contributed by atoms with Crippen molar-refractivity contribution in [2.75, 3.05) is 5.32 Å². The maximum Gasteiger partial charge on any atom is 0.303 e. The minimum Gasteiger partial charge on any atom is -0.481 e. The lowest BCUT2D eigenvalue weighted by molar-refractivity contribution is -0.137. The van der Waals surface area contributed by atoms with Crippen LogP contribution in [0.4, 0.5) is 5.69 Å². The average molecular weight is 375 g/mol. The normalized spacial score (nSPS) is 11.1. The third-order valence-electron chi connectivity index (χ3n) is 3.71. The summed E-state index contributed by atoms with van der Waals surface area (Å²) in [5.41, 5.74) is 1.10. The summed E-state index contributed by atoms with van der Waals surface area (Å²) in [5.74, 6) is -1.25. The van der Waals surface area contributed by atoms with Crippen molar-refractivity contribution in [1.82, 2.24) is 0 Å². The van der Waals surface area contributed by atoms with Crippen molar-refractivity contribution in [3.8, 4) is 0 Å². The predicted octanol–water partition coefficient (Wildman–Crippen LogP) is 3.24. The van der Waals surface area contributed by atoms with Crippen LogP contribution in [-0.2, 0) is 25.2 Å². The van der Waals surface area contributed by atoms with Gasteiger partial charge >= 0.3 is 5.97 Å². The molecular formula is C19H21NO5S. The summed E-state index contributed by atoms with van der Waals surface area (Å²) < 4.78 is 24.9. The SMILES string of the molecule is O=C(O)CCCCC(=O)Nc1cccc(CS(=O)(=O)c2ccccc2)c1. The largest absolute Gasteiger partial charge is 0.481 e. The molecule has 2 N–H and O–H groups in total.